The smallest absolute Gasteiger partial charge is 0.139 e. The highest BCUT2D eigenvalue weighted by Gasteiger charge is 2.45. The van der Waals surface area contributed by atoms with Crippen LogP contribution in [0.1, 0.15) is 39.5 Å². The quantitative estimate of drug-likeness (QED) is 0.540. The van der Waals surface area contributed by atoms with Gasteiger partial charge in [0.2, 0.25) is 0 Å². The Morgan fingerprint density at radius 2 is 1.42 bits per heavy atom. The van der Waals surface area contributed by atoms with Crippen LogP contribution in [-0.2, 0) is 4.79 Å². The van der Waals surface area contributed by atoms with Gasteiger partial charge >= 0.3 is 0 Å². The van der Waals surface area contributed by atoms with Gasteiger partial charge < -0.3 is 0 Å². The summed E-state index contributed by atoms with van der Waals surface area (Å²) in [6, 6.07) is 0. The van der Waals surface area contributed by atoms with E-state index in [-0.39, 0.29) is 0 Å². The standard InChI is InChI=1S/C11H18O/c1-7-9-5-3-4-6-10(9)8(2)11(7)12/h7-10H,3-6H2,1-2H3. The lowest BCUT2D eigenvalue weighted by atomic mass is 9.77. The maximum atomic E-state index is 11.7. The maximum Gasteiger partial charge on any atom is 0.139 e. The summed E-state index contributed by atoms with van der Waals surface area (Å²) >= 11 is 0. The summed E-state index contributed by atoms with van der Waals surface area (Å²) in [5.74, 6) is 2.74. The van der Waals surface area contributed by atoms with Gasteiger partial charge in [0.05, 0.1) is 0 Å². The topological polar surface area (TPSA) is 17.1 Å². The summed E-state index contributed by atoms with van der Waals surface area (Å²) in [4.78, 5) is 11.7. The van der Waals surface area contributed by atoms with Crippen molar-refractivity contribution in [1.82, 2.24) is 0 Å². The molecule has 2 rings (SSSR count). The van der Waals surface area contributed by atoms with Gasteiger partial charge in [-0.3, -0.25) is 4.79 Å². The molecule has 4 atom stereocenters. The largest absolute Gasteiger partial charge is 0.299 e. The Morgan fingerprint density at radius 3 is 1.83 bits per heavy atom. The Hall–Kier alpha value is -0.330. The minimum atomic E-state index is 0.366. The molecule has 0 aliphatic heterocycles. The normalized spacial score (nSPS) is 47.7. The van der Waals surface area contributed by atoms with E-state index in [1.807, 2.05) is 0 Å². The van der Waals surface area contributed by atoms with Crippen LogP contribution in [0, 0.1) is 23.7 Å². The zero-order chi connectivity index (χ0) is 8.72. The molecule has 0 spiro atoms. The second-order valence-corrected chi connectivity index (χ2v) is 4.59. The highest BCUT2D eigenvalue weighted by molar-refractivity contribution is 5.85. The van der Waals surface area contributed by atoms with E-state index in [4.69, 9.17) is 0 Å². The van der Waals surface area contributed by atoms with E-state index in [9.17, 15) is 4.79 Å². The third-order valence-electron chi connectivity index (χ3n) is 4.06. The Bertz CT molecular complexity index is 177. The predicted octanol–water partition coefficient (Wildman–Crippen LogP) is 2.65. The summed E-state index contributed by atoms with van der Waals surface area (Å²) in [5.41, 5.74) is 0. The molecule has 0 aromatic heterocycles. The van der Waals surface area contributed by atoms with E-state index < -0.39 is 0 Å². The van der Waals surface area contributed by atoms with Crippen molar-refractivity contribution < 1.29 is 4.79 Å². The molecule has 0 saturated heterocycles. The van der Waals surface area contributed by atoms with Gasteiger partial charge in [-0.25, -0.2) is 0 Å². The zero-order valence-electron chi connectivity index (χ0n) is 8.05. The van der Waals surface area contributed by atoms with Gasteiger partial charge in [0.15, 0.2) is 0 Å². The molecule has 0 N–H and O–H groups in total. The minimum absolute atomic E-state index is 0.366. The van der Waals surface area contributed by atoms with Crippen LogP contribution < -0.4 is 0 Å². The predicted molar refractivity (Wildman–Crippen MR) is 48.8 cm³/mol. The van der Waals surface area contributed by atoms with Crippen molar-refractivity contribution in [2.75, 3.05) is 0 Å². The first-order valence-electron chi connectivity index (χ1n) is 5.25. The number of hydrogen-bond donors (Lipinski definition) is 0. The van der Waals surface area contributed by atoms with E-state index in [0.29, 0.717) is 17.6 Å². The molecule has 68 valence electrons. The summed E-state index contributed by atoms with van der Waals surface area (Å²) in [6.45, 7) is 4.27. The average molecular weight is 166 g/mol. The van der Waals surface area contributed by atoms with E-state index in [1.54, 1.807) is 0 Å². The van der Waals surface area contributed by atoms with Crippen LogP contribution in [0.4, 0.5) is 0 Å². The molecule has 12 heavy (non-hydrogen) atoms. The second-order valence-electron chi connectivity index (χ2n) is 4.59. The van der Waals surface area contributed by atoms with Gasteiger partial charge in [-0.2, -0.15) is 0 Å². The number of carbonyl (C=O) groups excluding carboxylic acids is 1. The van der Waals surface area contributed by atoms with E-state index >= 15 is 0 Å². The number of ketones is 1. The highest BCUT2D eigenvalue weighted by Crippen LogP contribution is 2.46. The number of fused-ring (bicyclic) bond motifs is 1. The first-order valence-corrected chi connectivity index (χ1v) is 5.25. The molecule has 0 bridgehead atoms. The molecule has 1 nitrogen and oxygen atoms in total. The molecule has 2 aliphatic carbocycles. The fourth-order valence-electron chi connectivity index (χ4n) is 3.27. The van der Waals surface area contributed by atoms with Crippen LogP contribution in [0.5, 0.6) is 0 Å². The lowest BCUT2D eigenvalue weighted by molar-refractivity contribution is -0.123. The molecule has 1 heteroatoms. The summed E-state index contributed by atoms with van der Waals surface area (Å²) < 4.78 is 0. The highest BCUT2D eigenvalue weighted by atomic mass is 16.1. The van der Waals surface area contributed by atoms with E-state index in [1.165, 1.54) is 25.7 Å². The molecule has 2 fully saturated rings. The third kappa shape index (κ3) is 1.02. The van der Waals surface area contributed by atoms with E-state index in [0.717, 1.165) is 11.8 Å². The van der Waals surface area contributed by atoms with Crippen LogP contribution in [-0.4, -0.2) is 5.78 Å². The van der Waals surface area contributed by atoms with Crippen molar-refractivity contribution in [2.45, 2.75) is 39.5 Å². The van der Waals surface area contributed by atoms with Crippen molar-refractivity contribution in [3.63, 3.8) is 0 Å². The second kappa shape index (κ2) is 2.86. The SMILES string of the molecule is CC1C(=O)C(C)C2CCCCC12. The fraction of sp³-hybridized carbons (Fsp3) is 0.909. The average Bonchev–Trinajstić information content (AvgIpc) is 2.33. The van der Waals surface area contributed by atoms with Gasteiger partial charge in [0.25, 0.3) is 0 Å². The number of carbonyl (C=O) groups is 1. The third-order valence-corrected chi connectivity index (χ3v) is 4.06. The van der Waals surface area contributed by atoms with Gasteiger partial charge in [0, 0.05) is 11.8 Å². The molecule has 0 heterocycles. The summed E-state index contributed by atoms with van der Waals surface area (Å²) in [7, 11) is 0. The van der Waals surface area contributed by atoms with Crippen LogP contribution in [0.15, 0.2) is 0 Å². The lowest BCUT2D eigenvalue weighted by Crippen LogP contribution is -2.19. The van der Waals surface area contributed by atoms with Crippen molar-refractivity contribution in [3.8, 4) is 0 Å². The van der Waals surface area contributed by atoms with Gasteiger partial charge in [-0.05, 0) is 24.7 Å². The van der Waals surface area contributed by atoms with Gasteiger partial charge in [-0.1, -0.05) is 26.7 Å². The van der Waals surface area contributed by atoms with Crippen LogP contribution >= 0.6 is 0 Å². The first-order chi connectivity index (χ1) is 5.72. The van der Waals surface area contributed by atoms with Crippen molar-refractivity contribution >= 4 is 5.78 Å². The lowest BCUT2D eigenvalue weighted by Gasteiger charge is -2.28. The van der Waals surface area contributed by atoms with Crippen molar-refractivity contribution in [2.24, 2.45) is 23.7 Å². The van der Waals surface area contributed by atoms with Crippen molar-refractivity contribution in [3.05, 3.63) is 0 Å². The molecule has 0 amide bonds. The molecule has 4 unspecified atom stereocenters. The van der Waals surface area contributed by atoms with Crippen LogP contribution in [0.2, 0.25) is 0 Å². The first kappa shape index (κ1) is 8.28. The number of rotatable bonds is 0. The molecule has 0 aromatic rings. The maximum absolute atomic E-state index is 11.7. The fourth-order valence-corrected chi connectivity index (χ4v) is 3.27. The Balaban J connectivity index is 2.19. The Kier molecular flexibility index (Phi) is 1.97. The summed E-state index contributed by atoms with van der Waals surface area (Å²) in [6.07, 6.45) is 5.32. The molecule has 2 aliphatic rings. The summed E-state index contributed by atoms with van der Waals surface area (Å²) in [5, 5.41) is 0. The monoisotopic (exact) mass is 166 g/mol. The Labute approximate surface area is 74.5 Å². The molecule has 2 saturated carbocycles. The molecular weight excluding hydrogens is 148 g/mol. The number of Topliss-reactive ketones (excluding diaryl/α,β-unsaturated/α-hetero) is 1. The molecular formula is C11H18O. The van der Waals surface area contributed by atoms with E-state index in [2.05, 4.69) is 13.8 Å². The van der Waals surface area contributed by atoms with Crippen molar-refractivity contribution in [1.29, 1.82) is 0 Å². The number of hydrogen-bond acceptors (Lipinski definition) is 1. The zero-order valence-corrected chi connectivity index (χ0v) is 8.05. The van der Waals surface area contributed by atoms with Crippen LogP contribution in [0.25, 0.3) is 0 Å². The molecule has 0 radical (unpaired) electrons. The van der Waals surface area contributed by atoms with Gasteiger partial charge in [0.1, 0.15) is 5.78 Å². The van der Waals surface area contributed by atoms with Gasteiger partial charge in [-0.15, -0.1) is 0 Å². The Morgan fingerprint density at radius 1 is 1.00 bits per heavy atom. The molecule has 0 aromatic carbocycles. The minimum Gasteiger partial charge on any atom is -0.299 e. The van der Waals surface area contributed by atoms with Crippen LogP contribution in [0.3, 0.4) is 0 Å².